The quantitative estimate of drug-likeness (QED) is 0.850. The van der Waals surface area contributed by atoms with Gasteiger partial charge in [-0.15, -0.1) is 12.4 Å². The molecular weight excluding hydrogens is 266 g/mol. The van der Waals surface area contributed by atoms with Gasteiger partial charge in [-0.25, -0.2) is 0 Å². The molecule has 0 saturated carbocycles. The molecule has 0 atom stereocenters. The van der Waals surface area contributed by atoms with Crippen LogP contribution in [-0.2, 0) is 9.59 Å². The average molecular weight is 286 g/mol. The van der Waals surface area contributed by atoms with Gasteiger partial charge in [0.15, 0.2) is 0 Å². The number of carbonyl (C=O) groups excluding carboxylic acids is 2. The molecular formula is C13H20ClN3O2. The fraction of sp³-hybridized carbons (Fsp3) is 0.385. The molecule has 0 saturated heterocycles. The van der Waals surface area contributed by atoms with Crippen molar-refractivity contribution in [1.29, 1.82) is 0 Å². The van der Waals surface area contributed by atoms with Crippen LogP contribution in [0.4, 0.5) is 5.69 Å². The maximum absolute atomic E-state index is 11.7. The minimum absolute atomic E-state index is 0. The van der Waals surface area contributed by atoms with Gasteiger partial charge in [-0.2, -0.15) is 0 Å². The van der Waals surface area contributed by atoms with E-state index in [0.717, 1.165) is 11.3 Å². The van der Waals surface area contributed by atoms with E-state index in [1.807, 2.05) is 31.2 Å². The third-order valence-electron chi connectivity index (χ3n) is 2.47. The van der Waals surface area contributed by atoms with Crippen LogP contribution in [0.3, 0.4) is 0 Å². The molecule has 1 rings (SSSR count). The molecule has 106 valence electrons. The molecule has 0 heterocycles. The van der Waals surface area contributed by atoms with E-state index in [4.69, 9.17) is 0 Å². The Balaban J connectivity index is 0.00000324. The summed E-state index contributed by atoms with van der Waals surface area (Å²) in [5, 5.41) is 5.50. The number of carbonyl (C=O) groups is 2. The number of likely N-dealkylation sites (N-methyl/N-ethyl adjacent to an activating group) is 2. The number of rotatable bonds is 5. The molecule has 2 N–H and O–H groups in total. The van der Waals surface area contributed by atoms with Crippen LogP contribution >= 0.6 is 12.4 Å². The fourth-order valence-electron chi connectivity index (χ4n) is 1.43. The third kappa shape index (κ3) is 6.22. The van der Waals surface area contributed by atoms with Gasteiger partial charge in [0.1, 0.15) is 0 Å². The molecule has 1 aromatic rings. The highest BCUT2D eigenvalue weighted by Gasteiger charge is 2.11. The molecule has 6 heteroatoms. The Morgan fingerprint density at radius 1 is 1.21 bits per heavy atom. The summed E-state index contributed by atoms with van der Waals surface area (Å²) < 4.78 is 0. The summed E-state index contributed by atoms with van der Waals surface area (Å²) in [5.41, 5.74) is 1.87. The molecule has 0 aliphatic heterocycles. The predicted octanol–water partition coefficient (Wildman–Crippen LogP) is 1.03. The number of benzene rings is 1. The number of anilines is 1. The predicted molar refractivity (Wildman–Crippen MR) is 78.6 cm³/mol. The fourth-order valence-corrected chi connectivity index (χ4v) is 1.43. The summed E-state index contributed by atoms with van der Waals surface area (Å²) in [6.45, 7) is 2.26. The van der Waals surface area contributed by atoms with Gasteiger partial charge < -0.3 is 15.5 Å². The van der Waals surface area contributed by atoms with Crippen LogP contribution in [0.15, 0.2) is 24.3 Å². The highest BCUT2D eigenvalue weighted by Crippen LogP contribution is 2.08. The van der Waals surface area contributed by atoms with Crippen molar-refractivity contribution < 1.29 is 9.59 Å². The number of amides is 2. The van der Waals surface area contributed by atoms with Crippen molar-refractivity contribution in [2.24, 2.45) is 0 Å². The zero-order valence-electron chi connectivity index (χ0n) is 11.4. The Bertz CT molecular complexity index is 420. The second kappa shape index (κ2) is 8.50. The maximum atomic E-state index is 11.7. The number of hydrogen-bond donors (Lipinski definition) is 2. The third-order valence-corrected chi connectivity index (χ3v) is 2.47. The van der Waals surface area contributed by atoms with Gasteiger partial charge in [-0.3, -0.25) is 9.59 Å². The SMILES string of the molecule is CNCC(=O)N(C)CC(=O)Nc1ccc(C)cc1.Cl. The Kier molecular flexibility index (Phi) is 7.79. The Morgan fingerprint density at radius 3 is 2.32 bits per heavy atom. The van der Waals surface area contributed by atoms with E-state index in [9.17, 15) is 9.59 Å². The Hall–Kier alpha value is -1.59. The van der Waals surface area contributed by atoms with E-state index in [1.54, 1.807) is 14.1 Å². The number of hydrogen-bond acceptors (Lipinski definition) is 3. The Morgan fingerprint density at radius 2 is 1.79 bits per heavy atom. The topological polar surface area (TPSA) is 61.4 Å². The Labute approximate surface area is 119 Å². The molecule has 2 amide bonds. The van der Waals surface area contributed by atoms with Crippen molar-refractivity contribution in [1.82, 2.24) is 10.2 Å². The lowest BCUT2D eigenvalue weighted by Crippen LogP contribution is -2.39. The molecule has 0 aromatic heterocycles. The molecule has 0 aliphatic carbocycles. The largest absolute Gasteiger partial charge is 0.335 e. The van der Waals surface area contributed by atoms with Crippen molar-refractivity contribution in [3.05, 3.63) is 29.8 Å². The number of halogens is 1. The van der Waals surface area contributed by atoms with Crippen molar-refractivity contribution in [2.45, 2.75) is 6.92 Å². The van der Waals surface area contributed by atoms with Crippen LogP contribution < -0.4 is 10.6 Å². The molecule has 0 unspecified atom stereocenters. The summed E-state index contributed by atoms with van der Waals surface area (Å²) in [6.07, 6.45) is 0. The molecule has 0 radical (unpaired) electrons. The van der Waals surface area contributed by atoms with Crippen molar-refractivity contribution in [3.8, 4) is 0 Å². The monoisotopic (exact) mass is 285 g/mol. The van der Waals surface area contributed by atoms with Crippen LogP contribution in [0.1, 0.15) is 5.56 Å². The van der Waals surface area contributed by atoms with Gasteiger partial charge in [0.2, 0.25) is 11.8 Å². The first kappa shape index (κ1) is 17.4. The molecule has 19 heavy (non-hydrogen) atoms. The van der Waals surface area contributed by atoms with Gasteiger partial charge in [-0.05, 0) is 26.1 Å². The van der Waals surface area contributed by atoms with Crippen LogP contribution in [-0.4, -0.2) is 43.9 Å². The number of nitrogens with one attached hydrogen (secondary N) is 2. The van der Waals surface area contributed by atoms with E-state index in [-0.39, 0.29) is 37.3 Å². The lowest BCUT2D eigenvalue weighted by atomic mass is 10.2. The van der Waals surface area contributed by atoms with Crippen LogP contribution in [0.25, 0.3) is 0 Å². The lowest BCUT2D eigenvalue weighted by Gasteiger charge is -2.16. The molecule has 5 nitrogen and oxygen atoms in total. The zero-order valence-corrected chi connectivity index (χ0v) is 12.2. The number of nitrogens with zero attached hydrogens (tertiary/aromatic N) is 1. The van der Waals surface area contributed by atoms with Crippen LogP contribution in [0.2, 0.25) is 0 Å². The van der Waals surface area contributed by atoms with E-state index < -0.39 is 0 Å². The first-order valence-electron chi connectivity index (χ1n) is 5.78. The molecule has 0 spiro atoms. The van der Waals surface area contributed by atoms with Crippen LogP contribution in [0, 0.1) is 6.92 Å². The van der Waals surface area contributed by atoms with E-state index in [1.165, 1.54) is 4.90 Å². The second-order valence-electron chi connectivity index (χ2n) is 4.19. The van der Waals surface area contributed by atoms with E-state index in [2.05, 4.69) is 10.6 Å². The van der Waals surface area contributed by atoms with Gasteiger partial charge in [0, 0.05) is 12.7 Å². The minimum atomic E-state index is -0.203. The van der Waals surface area contributed by atoms with Gasteiger partial charge in [0.05, 0.1) is 13.1 Å². The first-order valence-corrected chi connectivity index (χ1v) is 5.78. The minimum Gasteiger partial charge on any atom is -0.335 e. The molecule has 1 aromatic carbocycles. The van der Waals surface area contributed by atoms with Crippen molar-refractivity contribution in [2.75, 3.05) is 32.5 Å². The lowest BCUT2D eigenvalue weighted by molar-refractivity contribution is -0.132. The molecule has 0 fully saturated rings. The normalized spacial score (nSPS) is 9.42. The zero-order chi connectivity index (χ0) is 13.5. The average Bonchev–Trinajstić information content (AvgIpc) is 2.32. The summed E-state index contributed by atoms with van der Waals surface area (Å²) >= 11 is 0. The highest BCUT2D eigenvalue weighted by molar-refractivity contribution is 5.94. The van der Waals surface area contributed by atoms with Crippen molar-refractivity contribution >= 4 is 29.9 Å². The van der Waals surface area contributed by atoms with Crippen LogP contribution in [0.5, 0.6) is 0 Å². The highest BCUT2D eigenvalue weighted by atomic mass is 35.5. The van der Waals surface area contributed by atoms with Gasteiger partial charge >= 0.3 is 0 Å². The summed E-state index contributed by atoms with van der Waals surface area (Å²) in [7, 11) is 3.30. The van der Waals surface area contributed by atoms with Crippen molar-refractivity contribution in [3.63, 3.8) is 0 Å². The smallest absolute Gasteiger partial charge is 0.243 e. The summed E-state index contributed by atoms with van der Waals surface area (Å²) in [6, 6.07) is 7.52. The van der Waals surface area contributed by atoms with Gasteiger partial charge in [0.25, 0.3) is 0 Å². The van der Waals surface area contributed by atoms with Gasteiger partial charge in [-0.1, -0.05) is 17.7 Å². The van der Waals surface area contributed by atoms with E-state index in [0.29, 0.717) is 0 Å². The maximum Gasteiger partial charge on any atom is 0.243 e. The molecule has 0 bridgehead atoms. The summed E-state index contributed by atoms with van der Waals surface area (Å²) in [5.74, 6) is -0.317. The number of aryl methyl sites for hydroxylation is 1. The molecule has 0 aliphatic rings. The first-order chi connectivity index (χ1) is 8.52. The van der Waals surface area contributed by atoms with E-state index >= 15 is 0 Å². The second-order valence-corrected chi connectivity index (χ2v) is 4.19. The summed E-state index contributed by atoms with van der Waals surface area (Å²) in [4.78, 5) is 24.5. The standard InChI is InChI=1S/C13H19N3O2.ClH/c1-10-4-6-11(7-5-10)15-12(17)9-16(3)13(18)8-14-2;/h4-7,14H,8-9H2,1-3H3,(H,15,17);1H.